The molecule has 0 spiro atoms. The Kier molecular flexibility index (Phi) is 4.34. The van der Waals surface area contributed by atoms with Crippen molar-refractivity contribution in [2.24, 2.45) is 5.92 Å². The Morgan fingerprint density at radius 3 is 2.33 bits per heavy atom. The van der Waals surface area contributed by atoms with Crippen LogP contribution in [-0.2, 0) is 0 Å². The number of hydrogen-bond acceptors (Lipinski definition) is 2. The zero-order chi connectivity index (χ0) is 14.8. The highest BCUT2D eigenvalue weighted by molar-refractivity contribution is 6.42. The summed E-state index contributed by atoms with van der Waals surface area (Å²) in [5.41, 5.74) is 0.972. The van der Waals surface area contributed by atoms with E-state index in [-0.39, 0.29) is 11.9 Å². The first kappa shape index (κ1) is 14.6. The molecule has 1 saturated heterocycles. The maximum Gasteiger partial charge on any atom is 0.129 e. The third kappa shape index (κ3) is 3.31. The van der Waals surface area contributed by atoms with E-state index in [1.807, 2.05) is 12.1 Å². The van der Waals surface area contributed by atoms with E-state index < -0.39 is 0 Å². The van der Waals surface area contributed by atoms with Crippen molar-refractivity contribution in [1.29, 1.82) is 0 Å². The average Bonchev–Trinajstić information content (AvgIpc) is 2.41. The van der Waals surface area contributed by atoms with Crippen molar-refractivity contribution < 1.29 is 9.13 Å². The number of halogens is 3. The molecule has 0 bridgehead atoms. The predicted molar refractivity (Wildman–Crippen MR) is 82.6 cm³/mol. The summed E-state index contributed by atoms with van der Waals surface area (Å²) in [6.07, 6.45) is -0.133. The lowest BCUT2D eigenvalue weighted by atomic mass is 9.91. The van der Waals surface area contributed by atoms with Crippen LogP contribution in [0.2, 0.25) is 10.0 Å². The zero-order valence-electron chi connectivity index (χ0n) is 11.2. The number of hydrogen-bond donors (Lipinski definition) is 1. The second-order valence-electron chi connectivity index (χ2n) is 5.08. The van der Waals surface area contributed by atoms with Crippen LogP contribution in [0.5, 0.6) is 5.75 Å². The minimum Gasteiger partial charge on any atom is -0.485 e. The van der Waals surface area contributed by atoms with Gasteiger partial charge in [0.05, 0.1) is 10.0 Å². The molecule has 2 aromatic rings. The number of nitrogens with one attached hydrogen (secondary N) is 1. The van der Waals surface area contributed by atoms with Crippen LogP contribution in [0.4, 0.5) is 4.39 Å². The van der Waals surface area contributed by atoms with Crippen LogP contribution in [0.25, 0.3) is 0 Å². The Labute approximate surface area is 132 Å². The molecule has 0 unspecified atom stereocenters. The van der Waals surface area contributed by atoms with E-state index in [0.717, 1.165) is 18.7 Å². The summed E-state index contributed by atoms with van der Waals surface area (Å²) in [5.74, 6) is 0.713. The second kappa shape index (κ2) is 6.22. The van der Waals surface area contributed by atoms with Gasteiger partial charge in [0, 0.05) is 19.0 Å². The number of ether oxygens (including phenoxy) is 1. The molecule has 110 valence electrons. The van der Waals surface area contributed by atoms with Gasteiger partial charge in [0.2, 0.25) is 0 Å². The van der Waals surface area contributed by atoms with Gasteiger partial charge in [-0.25, -0.2) is 4.39 Å². The monoisotopic (exact) mass is 325 g/mol. The molecule has 1 atom stereocenters. The van der Waals surface area contributed by atoms with E-state index in [2.05, 4.69) is 5.32 Å². The minimum atomic E-state index is -0.279. The van der Waals surface area contributed by atoms with Gasteiger partial charge in [-0.3, -0.25) is 0 Å². The van der Waals surface area contributed by atoms with Crippen molar-refractivity contribution in [2.75, 3.05) is 13.1 Å². The summed E-state index contributed by atoms with van der Waals surface area (Å²) in [6, 6.07) is 11.6. The van der Waals surface area contributed by atoms with Crippen molar-refractivity contribution in [3.05, 3.63) is 63.9 Å². The molecule has 2 aromatic carbocycles. The summed E-state index contributed by atoms with van der Waals surface area (Å²) in [5, 5.41) is 4.26. The summed E-state index contributed by atoms with van der Waals surface area (Å²) >= 11 is 12.1. The smallest absolute Gasteiger partial charge is 0.129 e. The van der Waals surface area contributed by atoms with Crippen molar-refractivity contribution in [2.45, 2.75) is 6.10 Å². The van der Waals surface area contributed by atoms with Gasteiger partial charge < -0.3 is 10.1 Å². The first-order valence-electron chi connectivity index (χ1n) is 6.71. The molecule has 3 rings (SSSR count). The average molecular weight is 326 g/mol. The Balaban J connectivity index is 1.86. The molecule has 0 aromatic heterocycles. The van der Waals surface area contributed by atoms with Gasteiger partial charge in [-0.2, -0.15) is 0 Å². The fourth-order valence-corrected chi connectivity index (χ4v) is 2.62. The molecule has 1 fully saturated rings. The van der Waals surface area contributed by atoms with E-state index in [1.54, 1.807) is 18.2 Å². The van der Waals surface area contributed by atoms with Gasteiger partial charge in [0.25, 0.3) is 0 Å². The molecule has 1 aliphatic rings. The third-order valence-electron chi connectivity index (χ3n) is 3.59. The Morgan fingerprint density at radius 2 is 1.76 bits per heavy atom. The van der Waals surface area contributed by atoms with Gasteiger partial charge in [-0.15, -0.1) is 0 Å². The van der Waals surface area contributed by atoms with Crippen LogP contribution in [-0.4, -0.2) is 13.1 Å². The molecule has 1 N–H and O–H groups in total. The molecule has 0 saturated carbocycles. The van der Waals surface area contributed by atoms with Crippen LogP contribution in [0.1, 0.15) is 11.7 Å². The van der Waals surface area contributed by atoms with Gasteiger partial charge in [-0.05, 0) is 42.0 Å². The maximum absolute atomic E-state index is 13.0. The highest BCUT2D eigenvalue weighted by Gasteiger charge is 2.30. The van der Waals surface area contributed by atoms with Gasteiger partial charge in [-0.1, -0.05) is 29.3 Å². The van der Waals surface area contributed by atoms with E-state index in [0.29, 0.717) is 21.7 Å². The molecule has 0 aliphatic carbocycles. The predicted octanol–water partition coefficient (Wildman–Crippen LogP) is 4.47. The highest BCUT2D eigenvalue weighted by atomic mass is 35.5. The van der Waals surface area contributed by atoms with Crippen LogP contribution in [0.3, 0.4) is 0 Å². The fraction of sp³-hybridized carbons (Fsp3) is 0.250. The van der Waals surface area contributed by atoms with Crippen LogP contribution >= 0.6 is 23.2 Å². The van der Waals surface area contributed by atoms with E-state index in [1.165, 1.54) is 12.1 Å². The largest absolute Gasteiger partial charge is 0.485 e. The van der Waals surface area contributed by atoms with Crippen molar-refractivity contribution >= 4 is 23.2 Å². The SMILES string of the molecule is Fc1ccc(O[C@@H](c2ccc(Cl)c(Cl)c2)C2CNC2)cc1. The van der Waals surface area contributed by atoms with Gasteiger partial charge in [0.15, 0.2) is 0 Å². The van der Waals surface area contributed by atoms with E-state index >= 15 is 0 Å². The lowest BCUT2D eigenvalue weighted by Crippen LogP contribution is -2.46. The maximum atomic E-state index is 13.0. The van der Waals surface area contributed by atoms with Gasteiger partial charge in [0.1, 0.15) is 17.7 Å². The third-order valence-corrected chi connectivity index (χ3v) is 4.33. The second-order valence-corrected chi connectivity index (χ2v) is 5.90. The molecule has 1 aliphatic heterocycles. The van der Waals surface area contributed by atoms with Crippen LogP contribution in [0, 0.1) is 11.7 Å². The van der Waals surface area contributed by atoms with Crippen LogP contribution in [0.15, 0.2) is 42.5 Å². The molecular weight excluding hydrogens is 312 g/mol. The first-order chi connectivity index (χ1) is 10.1. The van der Waals surface area contributed by atoms with Crippen molar-refractivity contribution in [3.63, 3.8) is 0 Å². The molecular formula is C16H14Cl2FNO. The fourth-order valence-electron chi connectivity index (χ4n) is 2.31. The Bertz CT molecular complexity index is 629. The first-order valence-corrected chi connectivity index (χ1v) is 7.47. The minimum absolute atomic E-state index is 0.133. The van der Waals surface area contributed by atoms with Crippen molar-refractivity contribution in [3.8, 4) is 5.75 Å². The molecule has 0 radical (unpaired) electrons. The summed E-state index contributed by atoms with van der Waals surface area (Å²) in [6.45, 7) is 1.76. The Morgan fingerprint density at radius 1 is 1.05 bits per heavy atom. The topological polar surface area (TPSA) is 21.3 Å². The molecule has 0 amide bonds. The normalized spacial score (nSPS) is 16.3. The zero-order valence-corrected chi connectivity index (χ0v) is 12.7. The summed E-state index contributed by atoms with van der Waals surface area (Å²) in [7, 11) is 0. The molecule has 21 heavy (non-hydrogen) atoms. The lowest BCUT2D eigenvalue weighted by molar-refractivity contribution is 0.0992. The van der Waals surface area contributed by atoms with Gasteiger partial charge >= 0.3 is 0 Å². The Hall–Kier alpha value is -1.29. The van der Waals surface area contributed by atoms with Crippen LogP contribution < -0.4 is 10.1 Å². The van der Waals surface area contributed by atoms with Crippen molar-refractivity contribution in [1.82, 2.24) is 5.32 Å². The summed E-state index contributed by atoms with van der Waals surface area (Å²) in [4.78, 5) is 0. The molecule has 2 nitrogen and oxygen atoms in total. The summed E-state index contributed by atoms with van der Waals surface area (Å²) < 4.78 is 19.0. The highest BCUT2D eigenvalue weighted by Crippen LogP contribution is 2.34. The van der Waals surface area contributed by atoms with E-state index in [9.17, 15) is 4.39 Å². The van der Waals surface area contributed by atoms with E-state index in [4.69, 9.17) is 27.9 Å². The number of benzene rings is 2. The quantitative estimate of drug-likeness (QED) is 0.895. The lowest BCUT2D eigenvalue weighted by Gasteiger charge is -2.35. The number of rotatable bonds is 4. The standard InChI is InChI=1S/C16H14Cl2FNO/c17-14-6-1-10(7-15(14)18)16(11-8-20-9-11)21-13-4-2-12(19)3-5-13/h1-7,11,16,20H,8-9H2/t16-/m0/s1. The molecule has 1 heterocycles. The molecule has 5 heteroatoms.